The topological polar surface area (TPSA) is 35.2 Å². The zero-order valence-electron chi connectivity index (χ0n) is 8.94. The van der Waals surface area contributed by atoms with Crippen molar-refractivity contribution in [2.45, 2.75) is 25.4 Å². The van der Waals surface area contributed by atoms with E-state index in [4.69, 9.17) is 10.5 Å². The molecule has 14 heavy (non-hydrogen) atoms. The number of ether oxygens (including phenoxy) is 1. The quantitative estimate of drug-likeness (QED) is 0.777. The number of hydrogen-bond donors (Lipinski definition) is 1. The molecule has 0 heterocycles. The molecule has 2 nitrogen and oxygen atoms in total. The summed E-state index contributed by atoms with van der Waals surface area (Å²) in [4.78, 5) is 0. The molecule has 2 N–H and O–H groups in total. The van der Waals surface area contributed by atoms with Crippen LogP contribution in [0.5, 0.6) is 0 Å². The van der Waals surface area contributed by atoms with Crippen LogP contribution in [0.1, 0.15) is 24.8 Å². The first kappa shape index (κ1) is 11.2. The zero-order valence-corrected chi connectivity index (χ0v) is 8.94. The summed E-state index contributed by atoms with van der Waals surface area (Å²) in [6, 6.07) is 10.4. The number of rotatable bonds is 5. The molecule has 0 saturated heterocycles. The molecule has 2 unspecified atom stereocenters. The number of benzene rings is 1. The van der Waals surface area contributed by atoms with Crippen molar-refractivity contribution < 1.29 is 4.74 Å². The van der Waals surface area contributed by atoms with Gasteiger partial charge < -0.3 is 10.5 Å². The van der Waals surface area contributed by atoms with Gasteiger partial charge in [-0.3, -0.25) is 0 Å². The fourth-order valence-electron chi connectivity index (χ4n) is 1.59. The van der Waals surface area contributed by atoms with Gasteiger partial charge >= 0.3 is 0 Å². The molecule has 1 aromatic carbocycles. The van der Waals surface area contributed by atoms with Gasteiger partial charge in [-0.25, -0.2) is 0 Å². The summed E-state index contributed by atoms with van der Waals surface area (Å²) in [5, 5.41) is 0. The Morgan fingerprint density at radius 1 is 1.29 bits per heavy atom. The Kier molecular flexibility index (Phi) is 4.63. The molecule has 1 rings (SSSR count). The van der Waals surface area contributed by atoms with Gasteiger partial charge in [-0.1, -0.05) is 30.3 Å². The van der Waals surface area contributed by atoms with E-state index in [0.717, 1.165) is 6.42 Å². The second-order valence-electron chi connectivity index (χ2n) is 3.63. The van der Waals surface area contributed by atoms with Crippen LogP contribution in [0, 0.1) is 0 Å². The van der Waals surface area contributed by atoms with E-state index >= 15 is 0 Å². The summed E-state index contributed by atoms with van der Waals surface area (Å²) in [5.41, 5.74) is 7.06. The zero-order chi connectivity index (χ0) is 10.4. The third-order valence-electron chi connectivity index (χ3n) is 2.57. The Balaban J connectivity index is 2.63. The first-order valence-corrected chi connectivity index (χ1v) is 5.05. The van der Waals surface area contributed by atoms with Gasteiger partial charge in [0.2, 0.25) is 0 Å². The Bertz CT molecular complexity index is 248. The van der Waals surface area contributed by atoms with Crippen LogP contribution in [0.15, 0.2) is 30.3 Å². The standard InChI is InChI=1S/C12H19NO/c1-10(14-2)8-12(9-13)11-6-4-3-5-7-11/h3-7,10,12H,8-9,13H2,1-2H3. The van der Waals surface area contributed by atoms with E-state index in [0.29, 0.717) is 12.5 Å². The van der Waals surface area contributed by atoms with Gasteiger partial charge in [0, 0.05) is 7.11 Å². The molecule has 2 heteroatoms. The van der Waals surface area contributed by atoms with Crippen LogP contribution in [-0.2, 0) is 4.74 Å². The predicted octanol–water partition coefficient (Wildman–Crippen LogP) is 2.15. The molecule has 0 amide bonds. The monoisotopic (exact) mass is 193 g/mol. The fourth-order valence-corrected chi connectivity index (χ4v) is 1.59. The molecular formula is C12H19NO. The number of methoxy groups -OCH3 is 1. The summed E-state index contributed by atoms with van der Waals surface area (Å²) in [6.07, 6.45) is 1.25. The van der Waals surface area contributed by atoms with Gasteiger partial charge in [0.1, 0.15) is 0 Å². The van der Waals surface area contributed by atoms with Crippen molar-refractivity contribution in [1.29, 1.82) is 0 Å². The van der Waals surface area contributed by atoms with E-state index in [9.17, 15) is 0 Å². The maximum atomic E-state index is 5.75. The van der Waals surface area contributed by atoms with E-state index in [1.54, 1.807) is 7.11 Å². The SMILES string of the molecule is COC(C)CC(CN)c1ccccc1. The van der Waals surface area contributed by atoms with Crippen molar-refractivity contribution in [1.82, 2.24) is 0 Å². The highest BCUT2D eigenvalue weighted by Crippen LogP contribution is 2.20. The molecule has 0 aliphatic carbocycles. The minimum absolute atomic E-state index is 0.267. The second-order valence-corrected chi connectivity index (χ2v) is 3.63. The van der Waals surface area contributed by atoms with E-state index in [1.165, 1.54) is 5.56 Å². The van der Waals surface area contributed by atoms with E-state index in [1.807, 2.05) is 6.07 Å². The van der Waals surface area contributed by atoms with Crippen molar-refractivity contribution in [3.8, 4) is 0 Å². The second kappa shape index (κ2) is 5.78. The Hall–Kier alpha value is -0.860. The molecule has 0 aliphatic rings. The summed E-state index contributed by atoms with van der Waals surface area (Å²) in [6.45, 7) is 2.75. The molecule has 0 aromatic heterocycles. The molecule has 0 aliphatic heterocycles. The molecule has 0 saturated carbocycles. The van der Waals surface area contributed by atoms with Crippen LogP contribution in [0.25, 0.3) is 0 Å². The molecule has 2 atom stereocenters. The third-order valence-corrected chi connectivity index (χ3v) is 2.57. The molecular weight excluding hydrogens is 174 g/mol. The Morgan fingerprint density at radius 2 is 1.93 bits per heavy atom. The van der Waals surface area contributed by atoms with E-state index in [-0.39, 0.29) is 6.10 Å². The van der Waals surface area contributed by atoms with Crippen molar-refractivity contribution in [2.75, 3.05) is 13.7 Å². The smallest absolute Gasteiger partial charge is 0.0549 e. The lowest BCUT2D eigenvalue weighted by Gasteiger charge is -2.18. The molecule has 0 bridgehead atoms. The first-order valence-electron chi connectivity index (χ1n) is 5.05. The number of hydrogen-bond acceptors (Lipinski definition) is 2. The minimum atomic E-state index is 0.267. The summed E-state index contributed by atoms with van der Waals surface area (Å²) in [5.74, 6) is 0.408. The largest absolute Gasteiger partial charge is 0.382 e. The van der Waals surface area contributed by atoms with E-state index < -0.39 is 0 Å². The summed E-state index contributed by atoms with van der Waals surface area (Å²) >= 11 is 0. The predicted molar refractivity (Wildman–Crippen MR) is 59.3 cm³/mol. The normalized spacial score (nSPS) is 15.1. The molecule has 0 fully saturated rings. The average Bonchev–Trinajstić information content (AvgIpc) is 2.26. The Labute approximate surface area is 86.1 Å². The highest BCUT2D eigenvalue weighted by atomic mass is 16.5. The lowest BCUT2D eigenvalue weighted by Crippen LogP contribution is -2.18. The number of nitrogens with two attached hydrogens (primary N) is 1. The Morgan fingerprint density at radius 3 is 2.43 bits per heavy atom. The molecule has 0 spiro atoms. The van der Waals surface area contributed by atoms with Crippen LogP contribution in [0.4, 0.5) is 0 Å². The van der Waals surface area contributed by atoms with Crippen molar-refractivity contribution in [3.05, 3.63) is 35.9 Å². The van der Waals surface area contributed by atoms with Gasteiger partial charge in [-0.05, 0) is 31.4 Å². The summed E-state index contributed by atoms with van der Waals surface area (Å²) in [7, 11) is 1.74. The van der Waals surface area contributed by atoms with Gasteiger partial charge in [0.05, 0.1) is 6.10 Å². The van der Waals surface area contributed by atoms with Crippen molar-refractivity contribution in [3.63, 3.8) is 0 Å². The van der Waals surface area contributed by atoms with Crippen LogP contribution < -0.4 is 5.73 Å². The van der Waals surface area contributed by atoms with Crippen molar-refractivity contribution >= 4 is 0 Å². The molecule has 78 valence electrons. The highest BCUT2D eigenvalue weighted by molar-refractivity contribution is 5.19. The van der Waals surface area contributed by atoms with Crippen LogP contribution in [0.2, 0.25) is 0 Å². The van der Waals surface area contributed by atoms with Gasteiger partial charge in [0.25, 0.3) is 0 Å². The van der Waals surface area contributed by atoms with Crippen LogP contribution in [-0.4, -0.2) is 19.8 Å². The van der Waals surface area contributed by atoms with Crippen molar-refractivity contribution in [2.24, 2.45) is 5.73 Å². The van der Waals surface area contributed by atoms with Gasteiger partial charge in [-0.15, -0.1) is 0 Å². The molecule has 0 radical (unpaired) electrons. The van der Waals surface area contributed by atoms with E-state index in [2.05, 4.69) is 31.2 Å². The van der Waals surface area contributed by atoms with Gasteiger partial charge in [-0.2, -0.15) is 0 Å². The van der Waals surface area contributed by atoms with Crippen LogP contribution >= 0.6 is 0 Å². The maximum absolute atomic E-state index is 5.75. The summed E-state index contributed by atoms with van der Waals surface area (Å²) < 4.78 is 5.25. The van der Waals surface area contributed by atoms with Gasteiger partial charge in [0.15, 0.2) is 0 Å². The average molecular weight is 193 g/mol. The highest BCUT2D eigenvalue weighted by Gasteiger charge is 2.12. The first-order chi connectivity index (χ1) is 6.77. The minimum Gasteiger partial charge on any atom is -0.382 e. The molecule has 1 aromatic rings. The lowest BCUT2D eigenvalue weighted by molar-refractivity contribution is 0.105. The fraction of sp³-hybridized carbons (Fsp3) is 0.500. The van der Waals surface area contributed by atoms with Crippen LogP contribution in [0.3, 0.4) is 0 Å². The third kappa shape index (κ3) is 3.13. The lowest BCUT2D eigenvalue weighted by atomic mass is 9.94. The maximum Gasteiger partial charge on any atom is 0.0549 e.